The molecular weight excluding hydrogens is 326 g/mol. The van der Waals surface area contributed by atoms with Crippen LogP contribution >= 0.6 is 11.6 Å². The molecule has 24 heavy (non-hydrogen) atoms. The molecule has 2 heterocycles. The van der Waals surface area contributed by atoms with Crippen LogP contribution in [0.5, 0.6) is 0 Å². The van der Waals surface area contributed by atoms with Crippen LogP contribution in [0.4, 0.5) is 5.69 Å². The lowest BCUT2D eigenvalue weighted by atomic mass is 9.93. The Kier molecular flexibility index (Phi) is 4.10. The van der Waals surface area contributed by atoms with Crippen LogP contribution in [0.3, 0.4) is 0 Å². The molecule has 0 bridgehead atoms. The van der Waals surface area contributed by atoms with Crippen molar-refractivity contribution in [1.82, 2.24) is 0 Å². The van der Waals surface area contributed by atoms with Crippen molar-refractivity contribution in [2.75, 3.05) is 18.1 Å². The number of carbonyl (C=O) groups is 1. The maximum absolute atomic E-state index is 13.2. The summed E-state index contributed by atoms with van der Waals surface area (Å²) < 4.78 is 10.9. The molecule has 126 valence electrons. The van der Waals surface area contributed by atoms with E-state index in [4.69, 9.17) is 20.8 Å². The summed E-state index contributed by atoms with van der Waals surface area (Å²) in [7, 11) is 0. The van der Waals surface area contributed by atoms with Crippen molar-refractivity contribution in [2.45, 2.75) is 25.8 Å². The van der Waals surface area contributed by atoms with Gasteiger partial charge in [-0.15, -0.1) is 0 Å². The van der Waals surface area contributed by atoms with Crippen molar-refractivity contribution >= 4 is 23.2 Å². The number of ether oxygens (including phenoxy) is 1. The number of carbonyl (C=O) groups excluding carboxylic acids is 1. The molecule has 4 rings (SSSR count). The third-order valence-corrected chi connectivity index (χ3v) is 5.53. The van der Waals surface area contributed by atoms with Gasteiger partial charge in [0.05, 0.1) is 12.8 Å². The van der Waals surface area contributed by atoms with Crippen molar-refractivity contribution in [1.29, 1.82) is 0 Å². The lowest BCUT2D eigenvalue weighted by molar-refractivity contribution is -0.121. The zero-order valence-electron chi connectivity index (χ0n) is 13.4. The van der Waals surface area contributed by atoms with Crippen molar-refractivity contribution in [3.63, 3.8) is 0 Å². The van der Waals surface area contributed by atoms with Crippen LogP contribution < -0.4 is 4.90 Å². The predicted molar refractivity (Wildman–Crippen MR) is 91.9 cm³/mol. The van der Waals surface area contributed by atoms with Gasteiger partial charge in [-0.05, 0) is 61.1 Å². The molecule has 1 spiro atoms. The quantitative estimate of drug-likeness (QED) is 0.830. The number of nitrogens with zero attached hydrogens (tertiary/aromatic N) is 1. The predicted octanol–water partition coefficient (Wildman–Crippen LogP) is 4.28. The molecule has 2 aromatic rings. The summed E-state index contributed by atoms with van der Waals surface area (Å²) in [5.74, 6) is 1.04. The SMILES string of the molecule is O=C(C1CC12CCOCC2)N(Cc1ccco1)c1ccc(Cl)cc1. The smallest absolute Gasteiger partial charge is 0.231 e. The zero-order valence-corrected chi connectivity index (χ0v) is 14.2. The maximum atomic E-state index is 13.2. The van der Waals surface area contributed by atoms with Gasteiger partial charge in [-0.3, -0.25) is 4.79 Å². The Labute approximate surface area is 146 Å². The van der Waals surface area contributed by atoms with Crippen LogP contribution in [-0.2, 0) is 16.1 Å². The highest BCUT2D eigenvalue weighted by molar-refractivity contribution is 6.30. The van der Waals surface area contributed by atoms with Gasteiger partial charge in [0.2, 0.25) is 5.91 Å². The Hall–Kier alpha value is -1.78. The molecule has 1 aromatic carbocycles. The summed E-state index contributed by atoms with van der Waals surface area (Å²) in [6, 6.07) is 11.2. The largest absolute Gasteiger partial charge is 0.467 e. The minimum Gasteiger partial charge on any atom is -0.467 e. The molecule has 1 unspecified atom stereocenters. The fourth-order valence-corrected chi connectivity index (χ4v) is 3.82. The lowest BCUT2D eigenvalue weighted by Gasteiger charge is -2.26. The third-order valence-electron chi connectivity index (χ3n) is 5.27. The second-order valence-electron chi connectivity index (χ2n) is 6.71. The minimum atomic E-state index is 0.0899. The summed E-state index contributed by atoms with van der Waals surface area (Å²) in [6.45, 7) is 1.97. The van der Waals surface area contributed by atoms with Gasteiger partial charge >= 0.3 is 0 Å². The molecule has 2 aliphatic rings. The second-order valence-corrected chi connectivity index (χ2v) is 7.15. The van der Waals surface area contributed by atoms with Gasteiger partial charge in [-0.2, -0.15) is 0 Å². The maximum Gasteiger partial charge on any atom is 0.231 e. The average molecular weight is 346 g/mol. The van der Waals surface area contributed by atoms with Gasteiger partial charge in [0.25, 0.3) is 0 Å². The normalized spacial score (nSPS) is 21.6. The first kappa shape index (κ1) is 15.7. The van der Waals surface area contributed by atoms with E-state index in [0.29, 0.717) is 11.6 Å². The van der Waals surface area contributed by atoms with E-state index in [1.165, 1.54) is 0 Å². The van der Waals surface area contributed by atoms with Gasteiger partial charge in [0.1, 0.15) is 5.76 Å². The molecule has 0 N–H and O–H groups in total. The molecular formula is C19H20ClNO3. The molecule has 4 nitrogen and oxygen atoms in total. The van der Waals surface area contributed by atoms with Gasteiger partial charge in [-0.1, -0.05) is 11.6 Å². The minimum absolute atomic E-state index is 0.0899. The second kappa shape index (κ2) is 6.26. The third kappa shape index (κ3) is 2.96. The van der Waals surface area contributed by atoms with Crippen molar-refractivity contribution < 1.29 is 13.9 Å². The average Bonchev–Trinajstić information content (AvgIpc) is 3.05. The summed E-state index contributed by atoms with van der Waals surface area (Å²) in [5, 5.41) is 0.663. The standard InChI is InChI=1S/C19H20ClNO3/c20-14-3-5-15(6-4-14)21(13-16-2-1-9-24-16)18(22)17-12-19(17)7-10-23-11-8-19/h1-6,9,17H,7-8,10-13H2. The van der Waals surface area contributed by atoms with Crippen LogP contribution in [-0.4, -0.2) is 19.1 Å². The molecule has 1 aliphatic carbocycles. The lowest BCUT2D eigenvalue weighted by Crippen LogP contribution is -2.34. The fourth-order valence-electron chi connectivity index (χ4n) is 3.69. The number of rotatable bonds is 4. The number of amides is 1. The Morgan fingerprint density at radius 2 is 1.96 bits per heavy atom. The highest BCUT2D eigenvalue weighted by Crippen LogP contribution is 2.60. The molecule has 1 saturated carbocycles. The van der Waals surface area contributed by atoms with E-state index in [9.17, 15) is 4.79 Å². The van der Waals surface area contributed by atoms with Gasteiger partial charge in [-0.25, -0.2) is 0 Å². The first-order chi connectivity index (χ1) is 11.7. The number of anilines is 1. The molecule has 1 saturated heterocycles. The van der Waals surface area contributed by atoms with E-state index < -0.39 is 0 Å². The van der Waals surface area contributed by atoms with Gasteiger partial charge in [0, 0.05) is 29.8 Å². The Bertz CT molecular complexity index is 705. The van der Waals surface area contributed by atoms with E-state index >= 15 is 0 Å². The first-order valence-electron chi connectivity index (χ1n) is 8.35. The summed E-state index contributed by atoms with van der Waals surface area (Å²) in [6.07, 6.45) is 4.58. The molecule has 1 aliphatic heterocycles. The fraction of sp³-hybridized carbons (Fsp3) is 0.421. The topological polar surface area (TPSA) is 42.7 Å². The van der Waals surface area contributed by atoms with Crippen LogP contribution in [0.15, 0.2) is 47.1 Å². The van der Waals surface area contributed by atoms with E-state index in [2.05, 4.69) is 0 Å². The van der Waals surface area contributed by atoms with Crippen molar-refractivity contribution in [2.24, 2.45) is 11.3 Å². The van der Waals surface area contributed by atoms with E-state index in [-0.39, 0.29) is 17.2 Å². The van der Waals surface area contributed by atoms with E-state index in [0.717, 1.165) is 43.9 Å². The number of halogens is 1. The Balaban J connectivity index is 1.58. The van der Waals surface area contributed by atoms with Crippen LogP contribution in [0, 0.1) is 11.3 Å². The number of hydrogen-bond donors (Lipinski definition) is 0. The first-order valence-corrected chi connectivity index (χ1v) is 8.73. The summed E-state index contributed by atoms with van der Waals surface area (Å²) in [4.78, 5) is 15.0. The Morgan fingerprint density at radius 3 is 2.62 bits per heavy atom. The van der Waals surface area contributed by atoms with Crippen LogP contribution in [0.25, 0.3) is 0 Å². The number of hydrogen-bond acceptors (Lipinski definition) is 3. The highest BCUT2D eigenvalue weighted by atomic mass is 35.5. The molecule has 5 heteroatoms. The number of benzene rings is 1. The highest BCUT2D eigenvalue weighted by Gasteiger charge is 2.59. The zero-order chi connectivity index (χ0) is 16.6. The van der Waals surface area contributed by atoms with Crippen molar-refractivity contribution in [3.8, 4) is 0 Å². The van der Waals surface area contributed by atoms with Gasteiger partial charge in [0.15, 0.2) is 0 Å². The summed E-state index contributed by atoms with van der Waals surface area (Å²) in [5.41, 5.74) is 1.01. The van der Waals surface area contributed by atoms with Crippen molar-refractivity contribution in [3.05, 3.63) is 53.4 Å². The number of furan rings is 1. The molecule has 2 fully saturated rings. The van der Waals surface area contributed by atoms with E-state index in [1.54, 1.807) is 6.26 Å². The van der Waals surface area contributed by atoms with Crippen LogP contribution in [0.1, 0.15) is 25.0 Å². The van der Waals surface area contributed by atoms with Gasteiger partial charge < -0.3 is 14.1 Å². The molecule has 0 radical (unpaired) electrons. The Morgan fingerprint density at radius 1 is 1.21 bits per heavy atom. The van der Waals surface area contributed by atoms with Crippen LogP contribution in [0.2, 0.25) is 5.02 Å². The summed E-state index contributed by atoms with van der Waals surface area (Å²) >= 11 is 5.99. The molecule has 1 atom stereocenters. The molecule has 1 aromatic heterocycles. The molecule has 1 amide bonds. The monoisotopic (exact) mass is 345 g/mol. The van der Waals surface area contributed by atoms with E-state index in [1.807, 2.05) is 41.3 Å².